The van der Waals surface area contributed by atoms with E-state index < -0.39 is 20.1 Å². The number of rotatable bonds is 7. The first-order valence-corrected chi connectivity index (χ1v) is 7.41. The predicted molar refractivity (Wildman–Crippen MR) is 66.4 cm³/mol. The molecule has 1 aliphatic rings. The molecular weight excluding hydrogens is 275 g/mol. The minimum absolute atomic E-state index is 0.0201. The molecule has 19 heavy (non-hydrogen) atoms. The molecule has 0 radical (unpaired) electrons. The lowest BCUT2D eigenvalue weighted by molar-refractivity contribution is -0.171. The first-order valence-electron chi connectivity index (χ1n) is 5.95. The summed E-state index contributed by atoms with van der Waals surface area (Å²) in [6.07, 6.45) is -0.0421. The fourth-order valence-electron chi connectivity index (χ4n) is 1.17. The van der Waals surface area contributed by atoms with Crippen molar-refractivity contribution in [2.75, 3.05) is 26.4 Å². The Bertz CT molecular complexity index is 358. The molecule has 0 spiro atoms. The van der Waals surface area contributed by atoms with Crippen molar-refractivity contribution in [3.05, 3.63) is 12.2 Å². The Kier molecular flexibility index (Phi) is 6.68. The summed E-state index contributed by atoms with van der Waals surface area (Å²) in [6.45, 7) is 7.38. The number of esters is 1. The Morgan fingerprint density at radius 1 is 1.37 bits per heavy atom. The molecule has 0 aromatic carbocycles. The monoisotopic (exact) mass is 294 g/mol. The van der Waals surface area contributed by atoms with Crippen LogP contribution in [0.4, 0.5) is 0 Å². The molecule has 0 N–H and O–H groups in total. The van der Waals surface area contributed by atoms with Gasteiger partial charge in [0.15, 0.2) is 0 Å². The Morgan fingerprint density at radius 3 is 2.58 bits per heavy atom. The summed E-state index contributed by atoms with van der Waals surface area (Å²) in [6, 6.07) is 0. The van der Waals surface area contributed by atoms with E-state index in [2.05, 4.69) is 6.58 Å². The van der Waals surface area contributed by atoms with Crippen LogP contribution in [0, 0.1) is 0 Å². The second-order valence-corrected chi connectivity index (χ2v) is 5.59. The zero-order chi connectivity index (χ0) is 14.3. The smallest absolute Gasteiger partial charge is 0.433 e. The number of phosphoric ester groups is 1. The fraction of sp³-hybridized carbons (Fsp3) is 0.727. The van der Waals surface area contributed by atoms with Crippen LogP contribution in [0.1, 0.15) is 20.3 Å². The van der Waals surface area contributed by atoms with Crippen molar-refractivity contribution < 1.29 is 32.4 Å². The van der Waals surface area contributed by atoms with Gasteiger partial charge in [-0.2, -0.15) is 0 Å². The molecule has 7 nitrogen and oxygen atoms in total. The van der Waals surface area contributed by atoms with E-state index in [0.29, 0.717) is 25.2 Å². The van der Waals surface area contributed by atoms with Crippen molar-refractivity contribution in [3.8, 4) is 0 Å². The minimum atomic E-state index is -3.42. The molecular formula is C11H19O7P. The van der Waals surface area contributed by atoms with Gasteiger partial charge in [0.25, 0.3) is 0 Å². The van der Waals surface area contributed by atoms with E-state index in [9.17, 15) is 9.36 Å². The molecule has 1 fully saturated rings. The highest BCUT2D eigenvalue weighted by Gasteiger charge is 2.29. The second-order valence-electron chi connectivity index (χ2n) is 3.92. The molecule has 8 heteroatoms. The maximum Gasteiger partial charge on any atom is 0.474 e. The SMILES string of the molecule is C=C(C)C(=O)OC(C)OCCOP1(=O)OCCCO1. The van der Waals surface area contributed by atoms with Crippen LogP contribution in [0.15, 0.2) is 12.2 Å². The molecule has 0 aliphatic carbocycles. The van der Waals surface area contributed by atoms with E-state index in [0.717, 1.165) is 0 Å². The molecule has 110 valence electrons. The van der Waals surface area contributed by atoms with Crippen LogP contribution < -0.4 is 0 Å². The lowest BCUT2D eigenvalue weighted by Gasteiger charge is -2.22. The summed E-state index contributed by atoms with van der Waals surface area (Å²) >= 11 is 0. The molecule has 1 aliphatic heterocycles. The molecule has 1 saturated heterocycles. The first-order chi connectivity index (χ1) is 8.93. The summed E-state index contributed by atoms with van der Waals surface area (Å²) in [5, 5.41) is 0. The van der Waals surface area contributed by atoms with Crippen molar-refractivity contribution >= 4 is 13.8 Å². The van der Waals surface area contributed by atoms with Gasteiger partial charge < -0.3 is 9.47 Å². The zero-order valence-electron chi connectivity index (χ0n) is 11.1. The normalized spacial score (nSPS) is 19.7. The van der Waals surface area contributed by atoms with Gasteiger partial charge in [0.1, 0.15) is 0 Å². The van der Waals surface area contributed by atoms with Gasteiger partial charge in [-0.3, -0.25) is 13.6 Å². The largest absolute Gasteiger partial charge is 0.474 e. The van der Waals surface area contributed by atoms with Gasteiger partial charge in [-0.15, -0.1) is 0 Å². The van der Waals surface area contributed by atoms with Crippen molar-refractivity contribution in [2.24, 2.45) is 0 Å². The van der Waals surface area contributed by atoms with Crippen molar-refractivity contribution in [1.82, 2.24) is 0 Å². The molecule has 0 saturated carbocycles. The third kappa shape index (κ3) is 6.31. The van der Waals surface area contributed by atoms with Crippen LogP contribution >= 0.6 is 7.82 Å². The number of carbonyl (C=O) groups is 1. The molecule has 0 amide bonds. The van der Waals surface area contributed by atoms with Gasteiger partial charge in [0, 0.05) is 5.57 Å². The number of phosphoric acid groups is 1. The predicted octanol–water partition coefficient (Wildman–Crippen LogP) is 2.03. The Hall–Kier alpha value is -0.720. The van der Waals surface area contributed by atoms with E-state index in [1.165, 1.54) is 0 Å². The van der Waals surface area contributed by atoms with Crippen LogP contribution in [0.5, 0.6) is 0 Å². The van der Waals surface area contributed by atoms with Crippen LogP contribution in [0.2, 0.25) is 0 Å². The van der Waals surface area contributed by atoms with Crippen LogP contribution in [0.25, 0.3) is 0 Å². The third-order valence-corrected chi connectivity index (χ3v) is 3.59. The van der Waals surface area contributed by atoms with Gasteiger partial charge in [-0.25, -0.2) is 9.36 Å². The van der Waals surface area contributed by atoms with Crippen LogP contribution in [-0.2, 0) is 32.4 Å². The quantitative estimate of drug-likeness (QED) is 0.234. The molecule has 1 unspecified atom stereocenters. The van der Waals surface area contributed by atoms with Crippen molar-refractivity contribution in [1.29, 1.82) is 0 Å². The van der Waals surface area contributed by atoms with E-state index >= 15 is 0 Å². The first kappa shape index (κ1) is 16.3. The number of hydrogen-bond acceptors (Lipinski definition) is 7. The van der Waals surface area contributed by atoms with Gasteiger partial charge >= 0.3 is 13.8 Å². The number of carbonyl (C=O) groups excluding carboxylic acids is 1. The fourth-order valence-corrected chi connectivity index (χ4v) is 2.40. The average Bonchev–Trinajstić information content (AvgIpc) is 2.35. The van der Waals surface area contributed by atoms with Crippen LogP contribution in [0.3, 0.4) is 0 Å². The molecule has 1 rings (SSSR count). The Morgan fingerprint density at radius 2 is 2.00 bits per heavy atom. The summed E-state index contributed by atoms with van der Waals surface area (Å²) in [4.78, 5) is 11.2. The highest BCUT2D eigenvalue weighted by atomic mass is 31.2. The third-order valence-electron chi connectivity index (χ3n) is 2.09. The summed E-state index contributed by atoms with van der Waals surface area (Å²) in [5.74, 6) is -0.528. The number of hydrogen-bond donors (Lipinski definition) is 0. The maximum absolute atomic E-state index is 11.7. The molecule has 0 aromatic heterocycles. The lowest BCUT2D eigenvalue weighted by atomic mass is 10.4. The van der Waals surface area contributed by atoms with E-state index in [4.69, 9.17) is 23.0 Å². The maximum atomic E-state index is 11.7. The Balaban J connectivity index is 2.14. The summed E-state index contributed by atoms with van der Waals surface area (Å²) < 4.78 is 36.6. The summed E-state index contributed by atoms with van der Waals surface area (Å²) in [5.41, 5.74) is 0.292. The standard InChI is InChI=1S/C11H19O7P/c1-9(2)11(12)18-10(3)14-7-8-17-19(13)15-5-4-6-16-19/h10H,1,4-8H2,2-3H3. The van der Waals surface area contributed by atoms with Gasteiger partial charge in [0.2, 0.25) is 6.29 Å². The van der Waals surface area contributed by atoms with Gasteiger partial charge in [0.05, 0.1) is 26.4 Å². The van der Waals surface area contributed by atoms with E-state index in [1.807, 2.05) is 0 Å². The topological polar surface area (TPSA) is 80.3 Å². The Labute approximate surface area is 112 Å². The van der Waals surface area contributed by atoms with E-state index in [-0.39, 0.29) is 13.2 Å². The molecule has 0 bridgehead atoms. The summed E-state index contributed by atoms with van der Waals surface area (Å²) in [7, 11) is -3.42. The highest BCUT2D eigenvalue weighted by Crippen LogP contribution is 2.51. The molecule has 1 heterocycles. The average molecular weight is 294 g/mol. The highest BCUT2D eigenvalue weighted by molar-refractivity contribution is 7.48. The van der Waals surface area contributed by atoms with Gasteiger partial charge in [-0.05, 0) is 20.3 Å². The van der Waals surface area contributed by atoms with Crippen molar-refractivity contribution in [3.63, 3.8) is 0 Å². The van der Waals surface area contributed by atoms with Gasteiger partial charge in [-0.1, -0.05) is 6.58 Å². The second kappa shape index (κ2) is 7.77. The minimum Gasteiger partial charge on any atom is -0.433 e. The number of ether oxygens (including phenoxy) is 2. The lowest BCUT2D eigenvalue weighted by Crippen LogP contribution is -2.21. The van der Waals surface area contributed by atoms with E-state index in [1.54, 1.807) is 13.8 Å². The molecule has 0 aromatic rings. The van der Waals surface area contributed by atoms with Crippen LogP contribution in [-0.4, -0.2) is 38.7 Å². The molecule has 1 atom stereocenters. The van der Waals surface area contributed by atoms with Crippen molar-refractivity contribution in [2.45, 2.75) is 26.6 Å². The zero-order valence-corrected chi connectivity index (χ0v) is 12.0.